The Morgan fingerprint density at radius 1 is 1.19 bits per heavy atom. The maximum absolute atomic E-state index is 12.8. The minimum atomic E-state index is -0.133. The molecule has 1 fully saturated rings. The molecule has 2 aliphatic rings. The van der Waals surface area contributed by atoms with Gasteiger partial charge in [0.25, 0.3) is 5.91 Å². The number of carbonyl (C=O) groups excluding carboxylic acids is 2. The van der Waals surface area contributed by atoms with Crippen LogP contribution in [0.3, 0.4) is 0 Å². The van der Waals surface area contributed by atoms with Gasteiger partial charge in [0.2, 0.25) is 5.91 Å². The van der Waals surface area contributed by atoms with Crippen LogP contribution in [0.1, 0.15) is 47.8 Å². The van der Waals surface area contributed by atoms with Crippen molar-refractivity contribution in [3.63, 3.8) is 0 Å². The molecule has 0 radical (unpaired) electrons. The summed E-state index contributed by atoms with van der Waals surface area (Å²) in [6.45, 7) is 4.62. The highest BCUT2D eigenvalue weighted by atomic mass is 16.2. The maximum Gasteiger partial charge on any atom is 0.255 e. The Balaban J connectivity index is 1.46. The normalized spacial score (nSPS) is 21.7. The first-order valence-electron chi connectivity index (χ1n) is 9.77. The van der Waals surface area contributed by atoms with Crippen LogP contribution in [-0.2, 0) is 24.4 Å². The van der Waals surface area contributed by atoms with E-state index in [2.05, 4.69) is 17.3 Å². The summed E-state index contributed by atoms with van der Waals surface area (Å²) in [6, 6.07) is 9.84. The van der Waals surface area contributed by atoms with Crippen molar-refractivity contribution in [1.29, 1.82) is 0 Å². The van der Waals surface area contributed by atoms with Gasteiger partial charge in [-0.05, 0) is 30.7 Å². The topological polar surface area (TPSA) is 67.2 Å². The van der Waals surface area contributed by atoms with E-state index in [1.54, 1.807) is 6.20 Å². The van der Waals surface area contributed by atoms with Crippen molar-refractivity contribution in [2.45, 2.75) is 45.8 Å². The Hall–Kier alpha value is -2.63. The van der Waals surface area contributed by atoms with Crippen LogP contribution in [0, 0.1) is 11.8 Å². The van der Waals surface area contributed by atoms with Crippen molar-refractivity contribution in [2.24, 2.45) is 11.8 Å². The van der Waals surface area contributed by atoms with Crippen LogP contribution in [0.15, 0.2) is 36.5 Å². The highest BCUT2D eigenvalue weighted by Gasteiger charge is 2.35. The highest BCUT2D eigenvalue weighted by Crippen LogP contribution is 2.35. The quantitative estimate of drug-likeness (QED) is 0.904. The zero-order valence-corrected chi connectivity index (χ0v) is 15.7. The molecule has 0 atom stereocenters. The number of hydrogen-bond acceptors (Lipinski definition) is 3. The van der Waals surface area contributed by atoms with Crippen LogP contribution in [0.2, 0.25) is 0 Å². The van der Waals surface area contributed by atoms with Gasteiger partial charge in [-0.2, -0.15) is 5.10 Å². The molecule has 4 rings (SSSR count). The fourth-order valence-corrected chi connectivity index (χ4v) is 4.05. The molecule has 1 aromatic heterocycles. The van der Waals surface area contributed by atoms with Crippen molar-refractivity contribution in [3.05, 3.63) is 53.3 Å². The summed E-state index contributed by atoms with van der Waals surface area (Å²) in [7, 11) is 0. The SMILES string of the molecule is CC1CC(C(=O)N2CCCn3ncc(C(=O)NCc4ccccc4)c3C2)C1. The van der Waals surface area contributed by atoms with Crippen molar-refractivity contribution in [1.82, 2.24) is 20.0 Å². The fourth-order valence-electron chi connectivity index (χ4n) is 4.05. The maximum atomic E-state index is 12.8. The Bertz CT molecular complexity index is 824. The van der Waals surface area contributed by atoms with E-state index in [-0.39, 0.29) is 17.7 Å². The average Bonchev–Trinajstić information content (AvgIpc) is 2.93. The van der Waals surface area contributed by atoms with E-state index in [1.165, 1.54) is 0 Å². The number of amides is 2. The predicted molar refractivity (Wildman–Crippen MR) is 102 cm³/mol. The molecule has 2 amide bonds. The van der Waals surface area contributed by atoms with Crippen molar-refractivity contribution < 1.29 is 9.59 Å². The van der Waals surface area contributed by atoms with E-state index < -0.39 is 0 Å². The standard InChI is InChI=1S/C21H26N4O2/c1-15-10-17(11-15)21(27)24-8-5-9-25-19(14-24)18(13-23-25)20(26)22-12-16-6-3-2-4-7-16/h2-4,6-7,13,15,17H,5,8-12,14H2,1H3,(H,22,26). The molecule has 2 aromatic rings. The van der Waals surface area contributed by atoms with Crippen LogP contribution >= 0.6 is 0 Å². The van der Waals surface area contributed by atoms with Gasteiger partial charge >= 0.3 is 0 Å². The lowest BCUT2D eigenvalue weighted by Crippen LogP contribution is -2.41. The van der Waals surface area contributed by atoms with Gasteiger partial charge in [0, 0.05) is 25.6 Å². The third-order valence-corrected chi connectivity index (χ3v) is 5.66. The minimum absolute atomic E-state index is 0.133. The average molecular weight is 366 g/mol. The monoisotopic (exact) mass is 366 g/mol. The second-order valence-corrected chi connectivity index (χ2v) is 7.78. The highest BCUT2D eigenvalue weighted by molar-refractivity contribution is 5.95. The van der Waals surface area contributed by atoms with Crippen molar-refractivity contribution in [2.75, 3.05) is 6.54 Å². The summed E-state index contributed by atoms with van der Waals surface area (Å²) in [5, 5.41) is 7.37. The molecule has 2 heterocycles. The second kappa shape index (κ2) is 7.55. The van der Waals surface area contributed by atoms with E-state index in [4.69, 9.17) is 0 Å². The van der Waals surface area contributed by atoms with E-state index in [9.17, 15) is 9.59 Å². The molecule has 1 aliphatic heterocycles. The van der Waals surface area contributed by atoms with Crippen LogP contribution in [-0.4, -0.2) is 33.0 Å². The Morgan fingerprint density at radius 2 is 1.96 bits per heavy atom. The molecule has 1 saturated carbocycles. The molecule has 0 unspecified atom stereocenters. The molecule has 6 heteroatoms. The van der Waals surface area contributed by atoms with Crippen molar-refractivity contribution in [3.8, 4) is 0 Å². The van der Waals surface area contributed by atoms with Gasteiger partial charge in [0.15, 0.2) is 0 Å². The number of carbonyl (C=O) groups is 2. The molecule has 0 bridgehead atoms. The Kier molecular flexibility index (Phi) is 4.97. The molecule has 6 nitrogen and oxygen atoms in total. The molecule has 0 spiro atoms. The van der Waals surface area contributed by atoms with E-state index in [0.717, 1.165) is 43.6 Å². The van der Waals surface area contributed by atoms with Gasteiger partial charge in [-0.1, -0.05) is 37.3 Å². The number of nitrogens with one attached hydrogen (secondary N) is 1. The van der Waals surface area contributed by atoms with Crippen LogP contribution < -0.4 is 5.32 Å². The van der Waals surface area contributed by atoms with Gasteiger partial charge in [0.1, 0.15) is 0 Å². The summed E-state index contributed by atoms with van der Waals surface area (Å²) in [5.41, 5.74) is 2.48. The largest absolute Gasteiger partial charge is 0.348 e. The van der Waals surface area contributed by atoms with E-state index in [0.29, 0.717) is 24.6 Å². The van der Waals surface area contributed by atoms with Crippen LogP contribution in [0.25, 0.3) is 0 Å². The number of fused-ring (bicyclic) bond motifs is 1. The van der Waals surface area contributed by atoms with Gasteiger partial charge in [-0.25, -0.2) is 0 Å². The molecule has 0 saturated heterocycles. The van der Waals surface area contributed by atoms with Crippen molar-refractivity contribution >= 4 is 11.8 Å². The first kappa shape index (κ1) is 17.8. The van der Waals surface area contributed by atoms with E-state index >= 15 is 0 Å². The number of hydrogen-bond donors (Lipinski definition) is 1. The first-order chi connectivity index (χ1) is 13.1. The lowest BCUT2D eigenvalue weighted by molar-refractivity contribution is -0.140. The zero-order chi connectivity index (χ0) is 18.8. The lowest BCUT2D eigenvalue weighted by atomic mass is 9.75. The summed E-state index contributed by atoms with van der Waals surface area (Å²) in [4.78, 5) is 27.4. The summed E-state index contributed by atoms with van der Waals surface area (Å²) < 4.78 is 1.88. The smallest absolute Gasteiger partial charge is 0.255 e. The van der Waals surface area contributed by atoms with E-state index in [1.807, 2.05) is 39.9 Å². The first-order valence-corrected chi connectivity index (χ1v) is 9.77. The molecular weight excluding hydrogens is 340 g/mol. The predicted octanol–water partition coefficient (Wildman–Crippen LogP) is 2.59. The summed E-state index contributed by atoms with van der Waals surface area (Å²) in [6.07, 6.45) is 4.47. The Morgan fingerprint density at radius 3 is 2.70 bits per heavy atom. The molecule has 1 aromatic carbocycles. The molecule has 1 N–H and O–H groups in total. The minimum Gasteiger partial charge on any atom is -0.348 e. The number of benzene rings is 1. The van der Waals surface area contributed by atoms with Gasteiger partial charge in [-0.3, -0.25) is 14.3 Å². The summed E-state index contributed by atoms with van der Waals surface area (Å²) >= 11 is 0. The zero-order valence-electron chi connectivity index (χ0n) is 15.7. The Labute approximate surface area is 159 Å². The van der Waals surface area contributed by atoms with Gasteiger partial charge < -0.3 is 10.2 Å². The van der Waals surface area contributed by atoms with Crippen LogP contribution in [0.4, 0.5) is 0 Å². The number of aryl methyl sites for hydroxylation is 1. The second-order valence-electron chi connectivity index (χ2n) is 7.78. The lowest BCUT2D eigenvalue weighted by Gasteiger charge is -2.35. The van der Waals surface area contributed by atoms with Crippen LogP contribution in [0.5, 0.6) is 0 Å². The molecular formula is C21H26N4O2. The third-order valence-electron chi connectivity index (χ3n) is 5.66. The summed E-state index contributed by atoms with van der Waals surface area (Å²) in [5.74, 6) is 0.908. The number of aromatic nitrogens is 2. The van der Waals surface area contributed by atoms with Gasteiger partial charge in [0.05, 0.1) is 24.0 Å². The fraction of sp³-hybridized carbons (Fsp3) is 0.476. The number of rotatable bonds is 4. The molecule has 1 aliphatic carbocycles. The molecule has 142 valence electrons. The molecule has 27 heavy (non-hydrogen) atoms. The van der Waals surface area contributed by atoms with Gasteiger partial charge in [-0.15, -0.1) is 0 Å². The number of nitrogens with zero attached hydrogens (tertiary/aromatic N) is 3. The third kappa shape index (κ3) is 3.75.